The third-order valence-electron chi connectivity index (χ3n) is 3.68. The van der Waals surface area contributed by atoms with Gasteiger partial charge in [-0.25, -0.2) is 4.79 Å². The molecule has 1 atom stereocenters. The van der Waals surface area contributed by atoms with Gasteiger partial charge in [0.15, 0.2) is 0 Å². The third kappa shape index (κ3) is 4.20. The molecule has 0 spiro atoms. The molecule has 3 rings (SSSR count). The molecule has 0 bridgehead atoms. The Hall–Kier alpha value is -3.22. The third-order valence-corrected chi connectivity index (χ3v) is 3.68. The molecule has 3 aromatic rings. The first kappa shape index (κ1) is 16.6. The van der Waals surface area contributed by atoms with E-state index in [0.29, 0.717) is 23.1 Å². The Morgan fingerprint density at radius 3 is 2.88 bits per heavy atom. The number of pyridine rings is 1. The number of anilines is 1. The van der Waals surface area contributed by atoms with Gasteiger partial charge in [-0.1, -0.05) is 30.3 Å². The molecule has 7 nitrogen and oxygen atoms in total. The summed E-state index contributed by atoms with van der Waals surface area (Å²) in [7, 11) is 0. The molecule has 0 aliphatic rings. The zero-order valence-corrected chi connectivity index (χ0v) is 14.1. The fraction of sp³-hybridized carbons (Fsp3) is 0.222. The summed E-state index contributed by atoms with van der Waals surface area (Å²) < 4.78 is 5.27. The Kier molecular flexibility index (Phi) is 5.03. The van der Waals surface area contributed by atoms with Crippen molar-refractivity contribution in [2.75, 3.05) is 5.32 Å². The molecule has 0 aliphatic heterocycles. The second kappa shape index (κ2) is 7.57. The summed E-state index contributed by atoms with van der Waals surface area (Å²) in [5, 5.41) is 9.65. The lowest BCUT2D eigenvalue weighted by molar-refractivity contribution is 0.249. The Morgan fingerprint density at radius 1 is 1.24 bits per heavy atom. The molecule has 2 aromatic heterocycles. The molecule has 2 heterocycles. The number of carbonyl (C=O) groups excluding carboxylic acids is 1. The minimum atomic E-state index is -0.242. The van der Waals surface area contributed by atoms with Gasteiger partial charge in [0.25, 0.3) is 5.89 Å². The van der Waals surface area contributed by atoms with E-state index in [4.69, 9.17) is 4.52 Å². The molecule has 0 saturated carbocycles. The molecule has 0 saturated heterocycles. The van der Waals surface area contributed by atoms with Gasteiger partial charge in [-0.05, 0) is 37.6 Å². The van der Waals surface area contributed by atoms with Crippen LogP contribution in [0.5, 0.6) is 0 Å². The second-order valence-electron chi connectivity index (χ2n) is 5.63. The number of hydrogen-bond acceptors (Lipinski definition) is 5. The number of nitrogens with zero attached hydrogens (tertiary/aromatic N) is 3. The fourth-order valence-corrected chi connectivity index (χ4v) is 2.16. The highest BCUT2D eigenvalue weighted by molar-refractivity contribution is 5.90. The number of hydrogen-bond donors (Lipinski definition) is 2. The predicted octanol–water partition coefficient (Wildman–Crippen LogP) is 3.72. The van der Waals surface area contributed by atoms with E-state index in [1.807, 2.05) is 38.1 Å². The van der Waals surface area contributed by atoms with Crippen molar-refractivity contribution in [1.29, 1.82) is 0 Å². The fourth-order valence-electron chi connectivity index (χ4n) is 2.16. The van der Waals surface area contributed by atoms with Crippen LogP contribution in [-0.2, 0) is 0 Å². The highest BCUT2D eigenvalue weighted by Gasteiger charge is 2.12. The van der Waals surface area contributed by atoms with E-state index in [9.17, 15) is 4.79 Å². The van der Waals surface area contributed by atoms with Crippen molar-refractivity contribution in [3.05, 3.63) is 48.7 Å². The summed E-state index contributed by atoms with van der Waals surface area (Å²) in [5.74, 6) is 0.787. The van der Waals surface area contributed by atoms with Gasteiger partial charge in [0, 0.05) is 23.5 Å². The van der Waals surface area contributed by atoms with Crippen molar-refractivity contribution in [2.45, 2.75) is 26.3 Å². The molecule has 7 heteroatoms. The van der Waals surface area contributed by atoms with Crippen molar-refractivity contribution in [3.8, 4) is 23.0 Å². The van der Waals surface area contributed by atoms with Crippen LogP contribution in [0.3, 0.4) is 0 Å². The van der Waals surface area contributed by atoms with Gasteiger partial charge in [0.2, 0.25) is 5.82 Å². The highest BCUT2D eigenvalue weighted by Crippen LogP contribution is 2.23. The minimum absolute atomic E-state index is 0.112. The Bertz CT molecular complexity index is 847. The maximum atomic E-state index is 11.9. The van der Waals surface area contributed by atoms with Crippen molar-refractivity contribution in [2.24, 2.45) is 0 Å². The van der Waals surface area contributed by atoms with Gasteiger partial charge in [0.05, 0.1) is 0 Å². The van der Waals surface area contributed by atoms with E-state index < -0.39 is 0 Å². The van der Waals surface area contributed by atoms with Crippen LogP contribution in [-0.4, -0.2) is 27.2 Å². The maximum absolute atomic E-state index is 11.9. The summed E-state index contributed by atoms with van der Waals surface area (Å²) >= 11 is 0. The van der Waals surface area contributed by atoms with Crippen LogP contribution in [0.15, 0.2) is 53.2 Å². The topological polar surface area (TPSA) is 92.9 Å². The highest BCUT2D eigenvalue weighted by atomic mass is 16.5. The van der Waals surface area contributed by atoms with Crippen LogP contribution in [0.1, 0.15) is 20.3 Å². The molecule has 128 valence electrons. The first-order chi connectivity index (χ1) is 12.2. The van der Waals surface area contributed by atoms with E-state index in [2.05, 4.69) is 25.8 Å². The quantitative estimate of drug-likeness (QED) is 0.740. The molecule has 25 heavy (non-hydrogen) atoms. The summed E-state index contributed by atoms with van der Waals surface area (Å²) in [6.45, 7) is 3.97. The van der Waals surface area contributed by atoms with E-state index >= 15 is 0 Å². The molecule has 0 fully saturated rings. The van der Waals surface area contributed by atoms with E-state index in [-0.39, 0.29) is 12.1 Å². The number of carbonyl (C=O) groups is 1. The number of rotatable bonds is 5. The zero-order valence-electron chi connectivity index (χ0n) is 14.1. The number of benzene rings is 1. The van der Waals surface area contributed by atoms with Gasteiger partial charge in [-0.2, -0.15) is 4.98 Å². The first-order valence-corrected chi connectivity index (χ1v) is 8.08. The van der Waals surface area contributed by atoms with Gasteiger partial charge in [-0.3, -0.25) is 4.98 Å². The van der Waals surface area contributed by atoms with E-state index in [0.717, 1.165) is 12.0 Å². The molecule has 2 N–H and O–H groups in total. The Labute approximate surface area is 145 Å². The molecular formula is C18H19N5O2. The normalized spacial score (nSPS) is 11.8. The molecule has 0 aliphatic carbocycles. The van der Waals surface area contributed by atoms with Gasteiger partial charge < -0.3 is 15.2 Å². The van der Waals surface area contributed by atoms with Crippen molar-refractivity contribution in [1.82, 2.24) is 20.4 Å². The molecular weight excluding hydrogens is 318 g/mol. The summed E-state index contributed by atoms with van der Waals surface area (Å²) in [5.41, 5.74) is 2.01. The smallest absolute Gasteiger partial charge is 0.319 e. The van der Waals surface area contributed by atoms with Crippen LogP contribution >= 0.6 is 0 Å². The van der Waals surface area contributed by atoms with Crippen molar-refractivity contribution in [3.63, 3.8) is 0 Å². The Morgan fingerprint density at radius 2 is 2.12 bits per heavy atom. The summed E-state index contributed by atoms with van der Waals surface area (Å²) in [6.07, 6.45) is 2.53. The summed E-state index contributed by atoms with van der Waals surface area (Å²) in [6, 6.07) is 12.6. The van der Waals surface area contributed by atoms with Gasteiger partial charge in [0.1, 0.15) is 5.69 Å². The lowest BCUT2D eigenvalue weighted by Gasteiger charge is -2.12. The lowest BCUT2D eigenvalue weighted by Crippen LogP contribution is -2.35. The van der Waals surface area contributed by atoms with Crippen LogP contribution in [0, 0.1) is 0 Å². The van der Waals surface area contributed by atoms with Crippen LogP contribution < -0.4 is 10.6 Å². The van der Waals surface area contributed by atoms with E-state index in [1.54, 1.807) is 24.4 Å². The molecule has 1 unspecified atom stereocenters. The van der Waals surface area contributed by atoms with Gasteiger partial charge >= 0.3 is 6.03 Å². The van der Waals surface area contributed by atoms with Crippen molar-refractivity contribution < 1.29 is 9.32 Å². The molecule has 1 aromatic carbocycles. The first-order valence-electron chi connectivity index (χ1n) is 8.08. The van der Waals surface area contributed by atoms with Crippen LogP contribution in [0.4, 0.5) is 10.5 Å². The minimum Gasteiger partial charge on any atom is -0.335 e. The zero-order chi connectivity index (χ0) is 17.6. The van der Waals surface area contributed by atoms with Crippen LogP contribution in [0.25, 0.3) is 23.0 Å². The number of urea groups is 1. The number of aromatic nitrogens is 3. The monoisotopic (exact) mass is 337 g/mol. The molecule has 2 amide bonds. The van der Waals surface area contributed by atoms with Crippen LogP contribution in [0.2, 0.25) is 0 Å². The SMILES string of the molecule is CCC(C)NC(=O)Nc1cccc(-c2noc(-c3ccccn3)n2)c1. The van der Waals surface area contributed by atoms with E-state index in [1.165, 1.54) is 0 Å². The number of amides is 2. The maximum Gasteiger partial charge on any atom is 0.319 e. The predicted molar refractivity (Wildman–Crippen MR) is 94.9 cm³/mol. The largest absolute Gasteiger partial charge is 0.335 e. The standard InChI is InChI=1S/C18H19N5O2/c1-3-12(2)20-18(24)21-14-8-6-7-13(11-14)16-22-17(25-23-16)15-9-4-5-10-19-15/h4-12H,3H2,1-2H3,(H2,20,21,24). The molecule has 0 radical (unpaired) electrons. The summed E-state index contributed by atoms with van der Waals surface area (Å²) in [4.78, 5) is 20.5. The average molecular weight is 337 g/mol. The number of nitrogens with one attached hydrogen (secondary N) is 2. The Balaban J connectivity index is 1.76. The lowest BCUT2D eigenvalue weighted by atomic mass is 10.2. The van der Waals surface area contributed by atoms with Gasteiger partial charge in [-0.15, -0.1) is 0 Å². The second-order valence-corrected chi connectivity index (χ2v) is 5.63. The average Bonchev–Trinajstić information content (AvgIpc) is 3.12. The van der Waals surface area contributed by atoms with Crippen molar-refractivity contribution >= 4 is 11.7 Å².